The highest BCUT2D eigenvalue weighted by Gasteiger charge is 2.53. The summed E-state index contributed by atoms with van der Waals surface area (Å²) in [5, 5.41) is 8.70. The number of hydrogen-bond acceptors (Lipinski definition) is 9. The van der Waals surface area contributed by atoms with Crippen LogP contribution in [0.15, 0.2) is 51.9 Å². The van der Waals surface area contributed by atoms with Crippen LogP contribution in [0.3, 0.4) is 0 Å². The molecule has 3 saturated heterocycles. The van der Waals surface area contributed by atoms with Gasteiger partial charge in [0.2, 0.25) is 17.7 Å². The maximum atomic E-state index is 14.1. The number of hydrogen-bond donors (Lipinski definition) is 2. The van der Waals surface area contributed by atoms with Crippen molar-refractivity contribution in [1.29, 1.82) is 0 Å². The molecule has 2 amide bonds. The number of aromatic nitrogens is 4. The SMILES string of the molecule is CC(C)n1cc(C2NNC3CCC(N4CC[C@]5(CCN(CC(=O)N6CC=C(c7ccc(-c8nn(C)c(=O)o8)cc7)CC6)C5)C4=O)CC32)cn1. The van der Waals surface area contributed by atoms with Crippen molar-refractivity contribution in [3.8, 4) is 11.5 Å². The Hall–Kier alpha value is -4.07. The molecule has 0 radical (unpaired) electrons. The number of benzene rings is 1. The van der Waals surface area contributed by atoms with E-state index in [4.69, 9.17) is 4.42 Å². The van der Waals surface area contributed by atoms with E-state index in [0.717, 1.165) is 62.7 Å². The van der Waals surface area contributed by atoms with Crippen LogP contribution in [0, 0.1) is 11.3 Å². The number of hydrazine groups is 1. The molecule has 49 heavy (non-hydrogen) atoms. The number of likely N-dealkylation sites (tertiary alicyclic amines) is 2. The normalized spacial score (nSPS) is 29.0. The summed E-state index contributed by atoms with van der Waals surface area (Å²) >= 11 is 0. The van der Waals surface area contributed by atoms with Crippen LogP contribution in [0.4, 0.5) is 0 Å². The summed E-state index contributed by atoms with van der Waals surface area (Å²) in [7, 11) is 1.56. The van der Waals surface area contributed by atoms with E-state index in [1.54, 1.807) is 7.05 Å². The molecular weight excluding hydrogens is 622 g/mol. The first-order valence-electron chi connectivity index (χ1n) is 17.9. The topological polar surface area (TPSA) is 134 Å². The maximum Gasteiger partial charge on any atom is 0.437 e. The van der Waals surface area contributed by atoms with Gasteiger partial charge < -0.3 is 14.2 Å². The zero-order valence-corrected chi connectivity index (χ0v) is 28.7. The average Bonchev–Trinajstić information content (AvgIpc) is 3.95. The Balaban J connectivity index is 0.846. The van der Waals surface area contributed by atoms with Gasteiger partial charge in [0.05, 0.1) is 24.2 Å². The molecule has 5 atom stereocenters. The minimum atomic E-state index is -0.488. The Labute approximate surface area is 286 Å². The van der Waals surface area contributed by atoms with E-state index in [-0.39, 0.29) is 23.4 Å². The van der Waals surface area contributed by atoms with Gasteiger partial charge in [0.25, 0.3) is 0 Å². The Morgan fingerprint density at radius 2 is 1.86 bits per heavy atom. The predicted molar refractivity (Wildman–Crippen MR) is 183 cm³/mol. The van der Waals surface area contributed by atoms with E-state index in [9.17, 15) is 14.4 Å². The smallest absolute Gasteiger partial charge is 0.388 e. The molecule has 13 heteroatoms. The molecule has 1 aromatic carbocycles. The number of nitrogens with one attached hydrogen (secondary N) is 2. The molecule has 4 fully saturated rings. The third kappa shape index (κ3) is 5.95. The molecule has 2 N–H and O–H groups in total. The largest absolute Gasteiger partial charge is 0.437 e. The van der Waals surface area contributed by atoms with Crippen molar-refractivity contribution >= 4 is 17.4 Å². The highest BCUT2D eigenvalue weighted by molar-refractivity contribution is 5.86. The van der Waals surface area contributed by atoms with Crippen LogP contribution in [0.25, 0.3) is 17.0 Å². The predicted octanol–water partition coefficient (Wildman–Crippen LogP) is 2.74. The van der Waals surface area contributed by atoms with Gasteiger partial charge in [0, 0.05) is 68.7 Å². The van der Waals surface area contributed by atoms with Crippen molar-refractivity contribution in [3.63, 3.8) is 0 Å². The monoisotopic (exact) mass is 669 g/mol. The Bertz CT molecular complexity index is 1810. The maximum absolute atomic E-state index is 14.1. The minimum absolute atomic E-state index is 0.126. The van der Waals surface area contributed by atoms with Crippen molar-refractivity contribution < 1.29 is 14.0 Å². The molecule has 3 aromatic rings. The van der Waals surface area contributed by atoms with Crippen LogP contribution < -0.4 is 16.6 Å². The number of rotatable bonds is 7. The lowest BCUT2D eigenvalue weighted by Gasteiger charge is -2.38. The molecule has 4 aliphatic heterocycles. The van der Waals surface area contributed by atoms with Crippen molar-refractivity contribution in [3.05, 3.63) is 64.4 Å². The quantitative estimate of drug-likeness (QED) is 0.390. The lowest BCUT2D eigenvalue weighted by atomic mass is 9.77. The molecule has 1 spiro atoms. The summed E-state index contributed by atoms with van der Waals surface area (Å²) in [5.74, 6) is 0.658. The standard InChI is InChI=1S/C36H47N9O4/c1-23(2)45-20-27(19-37-45)32-29-18-28(8-9-30(29)38-39-32)44-17-13-36(34(44)47)12-16-42(22-36)21-31(46)43-14-10-25(11-15-43)24-4-6-26(7-5-24)33-40-41(3)35(48)49-33/h4-7,10,19-20,23,28-30,32,38-39H,8-9,11-18,21-22H2,1-3H3/t28?,29?,30?,32?,36-/m0/s1. The van der Waals surface area contributed by atoms with Crippen molar-refractivity contribution in [2.45, 2.75) is 76.5 Å². The van der Waals surface area contributed by atoms with Crippen molar-refractivity contribution in [1.82, 2.24) is 45.1 Å². The Morgan fingerprint density at radius 1 is 1.06 bits per heavy atom. The third-order valence-corrected chi connectivity index (χ3v) is 11.8. The van der Waals surface area contributed by atoms with Gasteiger partial charge >= 0.3 is 5.76 Å². The fraction of sp³-hybridized carbons (Fsp3) is 0.583. The molecule has 4 unspecified atom stereocenters. The zero-order valence-electron chi connectivity index (χ0n) is 28.7. The van der Waals surface area contributed by atoms with Crippen LogP contribution >= 0.6 is 0 Å². The highest BCUT2D eigenvalue weighted by Crippen LogP contribution is 2.45. The zero-order chi connectivity index (χ0) is 33.9. The molecule has 1 saturated carbocycles. The van der Waals surface area contributed by atoms with Gasteiger partial charge in [0.1, 0.15) is 0 Å². The number of carbonyl (C=O) groups is 2. The summed E-state index contributed by atoms with van der Waals surface area (Å²) in [6, 6.07) is 9.01. The summed E-state index contributed by atoms with van der Waals surface area (Å²) in [4.78, 5) is 45.5. The van der Waals surface area contributed by atoms with Crippen LogP contribution in [0.5, 0.6) is 0 Å². The van der Waals surface area contributed by atoms with Gasteiger partial charge in [-0.3, -0.25) is 24.6 Å². The van der Waals surface area contributed by atoms with Crippen molar-refractivity contribution in [2.75, 3.05) is 39.3 Å². The Kier molecular flexibility index (Phi) is 8.32. The highest BCUT2D eigenvalue weighted by atomic mass is 16.4. The number of amides is 2. The van der Waals surface area contributed by atoms with Gasteiger partial charge in [-0.2, -0.15) is 9.78 Å². The number of fused-ring (bicyclic) bond motifs is 1. The molecule has 13 nitrogen and oxygen atoms in total. The van der Waals surface area contributed by atoms with Crippen LogP contribution in [-0.4, -0.2) is 97.4 Å². The molecular formula is C36H47N9O4. The van der Waals surface area contributed by atoms with Gasteiger partial charge in [-0.25, -0.2) is 10.2 Å². The molecule has 5 aliphatic rings. The van der Waals surface area contributed by atoms with Crippen molar-refractivity contribution in [2.24, 2.45) is 18.4 Å². The molecule has 260 valence electrons. The lowest BCUT2D eigenvalue weighted by molar-refractivity contribution is -0.139. The van der Waals surface area contributed by atoms with E-state index in [1.165, 1.54) is 15.8 Å². The first-order chi connectivity index (χ1) is 23.7. The fourth-order valence-electron chi connectivity index (χ4n) is 8.85. The first kappa shape index (κ1) is 32.2. The van der Waals surface area contributed by atoms with E-state index in [2.05, 4.69) is 57.0 Å². The number of aryl methyl sites for hydroxylation is 1. The fourth-order valence-corrected chi connectivity index (χ4v) is 8.85. The van der Waals surface area contributed by atoms with Gasteiger partial charge in [-0.15, -0.1) is 5.10 Å². The molecule has 2 aromatic heterocycles. The molecule has 6 heterocycles. The van der Waals surface area contributed by atoms with Crippen LogP contribution in [0.1, 0.15) is 75.6 Å². The van der Waals surface area contributed by atoms with Crippen LogP contribution in [-0.2, 0) is 16.6 Å². The van der Waals surface area contributed by atoms with E-state index in [1.807, 2.05) is 40.0 Å². The average molecular weight is 670 g/mol. The van der Waals surface area contributed by atoms with E-state index < -0.39 is 5.76 Å². The summed E-state index contributed by atoms with van der Waals surface area (Å²) in [6.07, 6.45) is 11.8. The Morgan fingerprint density at radius 3 is 2.57 bits per heavy atom. The molecule has 0 bridgehead atoms. The third-order valence-electron chi connectivity index (χ3n) is 11.8. The second-order valence-electron chi connectivity index (χ2n) is 15.0. The summed E-state index contributed by atoms with van der Waals surface area (Å²) in [6.45, 7) is 8.16. The minimum Gasteiger partial charge on any atom is -0.388 e. The number of carbonyl (C=O) groups excluding carboxylic acids is 2. The van der Waals surface area contributed by atoms with Gasteiger partial charge in [0.15, 0.2) is 0 Å². The summed E-state index contributed by atoms with van der Waals surface area (Å²) in [5.41, 5.74) is 11.0. The van der Waals surface area contributed by atoms with E-state index >= 15 is 0 Å². The second-order valence-corrected chi connectivity index (χ2v) is 15.0. The lowest BCUT2D eigenvalue weighted by Crippen LogP contribution is -2.47. The van der Waals surface area contributed by atoms with Crippen LogP contribution in [0.2, 0.25) is 0 Å². The van der Waals surface area contributed by atoms with Gasteiger partial charge in [-0.05, 0) is 88.1 Å². The number of nitrogens with zero attached hydrogens (tertiary/aromatic N) is 7. The van der Waals surface area contributed by atoms with E-state index in [0.29, 0.717) is 56.0 Å². The molecule has 8 rings (SSSR count). The van der Waals surface area contributed by atoms with Gasteiger partial charge in [-0.1, -0.05) is 18.2 Å². The first-order valence-corrected chi connectivity index (χ1v) is 17.9. The molecule has 1 aliphatic carbocycles. The summed E-state index contributed by atoms with van der Waals surface area (Å²) < 4.78 is 8.39. The second kappa shape index (κ2) is 12.7.